The Labute approximate surface area is 200 Å². The zero-order chi connectivity index (χ0) is 24.8. The molecule has 1 saturated heterocycles. The van der Waals surface area contributed by atoms with E-state index in [1.165, 1.54) is 14.2 Å². The SMILES string of the molecule is CCCCCN1C(=O)C(=O)/C(=C(/O)c2c(OC)cccc2OC)C1c1cccc(OC(C)C)c1. The monoisotopic (exact) mass is 467 g/mol. The summed E-state index contributed by atoms with van der Waals surface area (Å²) in [4.78, 5) is 28.0. The highest BCUT2D eigenvalue weighted by Crippen LogP contribution is 2.44. The number of hydrogen-bond donors (Lipinski definition) is 1. The van der Waals surface area contributed by atoms with E-state index in [2.05, 4.69) is 6.92 Å². The first-order valence-corrected chi connectivity index (χ1v) is 11.6. The van der Waals surface area contributed by atoms with Crippen LogP contribution in [0.2, 0.25) is 0 Å². The first kappa shape index (κ1) is 25.1. The van der Waals surface area contributed by atoms with Gasteiger partial charge in [-0.25, -0.2) is 0 Å². The van der Waals surface area contributed by atoms with E-state index in [9.17, 15) is 14.7 Å². The number of Topliss-reactive ketones (excluding diaryl/α,β-unsaturated/α-hetero) is 1. The minimum atomic E-state index is -0.762. The Balaban J connectivity index is 2.22. The van der Waals surface area contributed by atoms with Crippen LogP contribution in [0.3, 0.4) is 0 Å². The van der Waals surface area contributed by atoms with E-state index in [0.29, 0.717) is 29.4 Å². The van der Waals surface area contributed by atoms with Crippen LogP contribution in [0.4, 0.5) is 0 Å². The van der Waals surface area contributed by atoms with Crippen molar-refractivity contribution in [2.45, 2.75) is 52.2 Å². The second-order valence-electron chi connectivity index (χ2n) is 8.48. The molecule has 1 atom stereocenters. The van der Waals surface area contributed by atoms with Gasteiger partial charge in [0.05, 0.1) is 31.9 Å². The summed E-state index contributed by atoms with van der Waals surface area (Å²) < 4.78 is 16.7. The maximum atomic E-state index is 13.3. The minimum absolute atomic E-state index is 0.00555. The van der Waals surface area contributed by atoms with Crippen molar-refractivity contribution in [3.63, 3.8) is 0 Å². The van der Waals surface area contributed by atoms with E-state index in [0.717, 1.165) is 19.3 Å². The van der Waals surface area contributed by atoms with Crippen LogP contribution in [-0.4, -0.2) is 48.6 Å². The third-order valence-corrected chi connectivity index (χ3v) is 5.75. The third-order valence-electron chi connectivity index (χ3n) is 5.75. The van der Waals surface area contributed by atoms with Gasteiger partial charge >= 0.3 is 0 Å². The van der Waals surface area contributed by atoms with Gasteiger partial charge in [0.25, 0.3) is 11.7 Å². The number of amides is 1. The average molecular weight is 468 g/mol. The number of aliphatic hydroxyl groups excluding tert-OH is 1. The van der Waals surface area contributed by atoms with Crippen LogP contribution in [0.5, 0.6) is 17.2 Å². The van der Waals surface area contributed by atoms with Crippen LogP contribution >= 0.6 is 0 Å². The fourth-order valence-corrected chi connectivity index (χ4v) is 4.24. The van der Waals surface area contributed by atoms with Crippen molar-refractivity contribution in [1.29, 1.82) is 0 Å². The number of benzene rings is 2. The number of ether oxygens (including phenoxy) is 3. The van der Waals surface area contributed by atoms with E-state index in [-0.39, 0.29) is 23.0 Å². The fourth-order valence-electron chi connectivity index (χ4n) is 4.24. The predicted octanol–water partition coefficient (Wildman–Crippen LogP) is 5.10. The quantitative estimate of drug-likeness (QED) is 0.226. The van der Waals surface area contributed by atoms with Crippen LogP contribution < -0.4 is 14.2 Å². The summed E-state index contributed by atoms with van der Waals surface area (Å²) in [6, 6.07) is 11.6. The van der Waals surface area contributed by atoms with Crippen molar-refractivity contribution in [1.82, 2.24) is 4.90 Å². The second kappa shape index (κ2) is 11.1. The molecule has 2 aromatic carbocycles. The highest BCUT2D eigenvalue weighted by Gasteiger charge is 2.46. The Kier molecular flexibility index (Phi) is 8.21. The maximum absolute atomic E-state index is 13.3. The van der Waals surface area contributed by atoms with Crippen molar-refractivity contribution in [3.8, 4) is 17.2 Å². The predicted molar refractivity (Wildman–Crippen MR) is 130 cm³/mol. The van der Waals surface area contributed by atoms with Gasteiger partial charge in [-0.3, -0.25) is 9.59 Å². The molecule has 1 amide bonds. The van der Waals surface area contributed by atoms with Gasteiger partial charge in [0, 0.05) is 6.54 Å². The molecule has 7 heteroatoms. The zero-order valence-corrected chi connectivity index (χ0v) is 20.5. The lowest BCUT2D eigenvalue weighted by molar-refractivity contribution is -0.139. The standard InChI is InChI=1S/C27H33NO6/c1-6-7-8-15-28-24(18-11-9-12-19(16-18)34-17(2)3)23(26(30)27(28)31)25(29)22-20(32-4)13-10-14-21(22)33-5/h9-14,16-17,24,29H,6-8,15H2,1-5H3/b25-23+. The van der Waals surface area contributed by atoms with Gasteiger partial charge in [-0.15, -0.1) is 0 Å². The lowest BCUT2D eigenvalue weighted by atomic mass is 9.94. The molecule has 0 radical (unpaired) electrons. The van der Waals surface area contributed by atoms with E-state index in [1.54, 1.807) is 23.1 Å². The number of carbonyl (C=O) groups excluding carboxylic acids is 2. The largest absolute Gasteiger partial charge is 0.506 e. The molecule has 182 valence electrons. The molecule has 0 saturated carbocycles. The lowest BCUT2D eigenvalue weighted by Crippen LogP contribution is -2.30. The maximum Gasteiger partial charge on any atom is 0.295 e. The molecule has 1 aliphatic heterocycles. The molecule has 1 heterocycles. The molecule has 1 aliphatic rings. The number of likely N-dealkylation sites (tertiary alicyclic amines) is 1. The molecule has 0 aromatic heterocycles. The van der Waals surface area contributed by atoms with E-state index >= 15 is 0 Å². The van der Waals surface area contributed by atoms with E-state index in [4.69, 9.17) is 14.2 Å². The number of ketones is 1. The molecule has 1 fully saturated rings. The van der Waals surface area contributed by atoms with Crippen LogP contribution in [0.15, 0.2) is 48.0 Å². The van der Waals surface area contributed by atoms with Gasteiger partial charge < -0.3 is 24.2 Å². The molecule has 0 aliphatic carbocycles. The highest BCUT2D eigenvalue weighted by atomic mass is 16.5. The Morgan fingerprint density at radius 3 is 2.26 bits per heavy atom. The van der Waals surface area contributed by atoms with Crippen LogP contribution in [0, 0.1) is 0 Å². The highest BCUT2D eigenvalue weighted by molar-refractivity contribution is 6.46. The minimum Gasteiger partial charge on any atom is -0.506 e. The third kappa shape index (κ3) is 5.03. The fraction of sp³-hybridized carbons (Fsp3) is 0.407. The Morgan fingerprint density at radius 1 is 1.03 bits per heavy atom. The average Bonchev–Trinajstić information content (AvgIpc) is 3.08. The molecule has 1 unspecified atom stereocenters. The number of carbonyl (C=O) groups is 2. The van der Waals surface area contributed by atoms with Crippen LogP contribution in [-0.2, 0) is 9.59 Å². The second-order valence-corrected chi connectivity index (χ2v) is 8.48. The van der Waals surface area contributed by atoms with Gasteiger partial charge in [0.1, 0.15) is 28.6 Å². The van der Waals surface area contributed by atoms with Crippen molar-refractivity contribution in [2.75, 3.05) is 20.8 Å². The summed E-state index contributed by atoms with van der Waals surface area (Å²) in [6.07, 6.45) is 2.61. The molecule has 1 N–H and O–H groups in total. The number of unbranched alkanes of at least 4 members (excludes halogenated alkanes) is 2. The van der Waals surface area contributed by atoms with E-state index in [1.807, 2.05) is 38.1 Å². The van der Waals surface area contributed by atoms with Crippen molar-refractivity contribution in [3.05, 3.63) is 59.2 Å². The smallest absolute Gasteiger partial charge is 0.295 e. The summed E-state index contributed by atoms with van der Waals surface area (Å²) >= 11 is 0. The van der Waals surface area contributed by atoms with Crippen molar-refractivity contribution >= 4 is 17.4 Å². The van der Waals surface area contributed by atoms with Gasteiger partial charge in [-0.05, 0) is 50.1 Å². The molecule has 2 aromatic rings. The Hall–Kier alpha value is -3.48. The molecule has 0 bridgehead atoms. The summed E-state index contributed by atoms with van der Waals surface area (Å²) in [5.74, 6) is -0.393. The first-order chi connectivity index (χ1) is 16.3. The number of nitrogens with zero attached hydrogens (tertiary/aromatic N) is 1. The van der Waals surface area contributed by atoms with Gasteiger partial charge in [0.2, 0.25) is 0 Å². The lowest BCUT2D eigenvalue weighted by Gasteiger charge is -2.26. The molecular weight excluding hydrogens is 434 g/mol. The van der Waals surface area contributed by atoms with Crippen LogP contribution in [0.1, 0.15) is 57.2 Å². The summed E-state index contributed by atoms with van der Waals surface area (Å²) in [5.41, 5.74) is 0.925. The molecule has 3 rings (SSSR count). The number of rotatable bonds is 10. The number of methoxy groups -OCH3 is 2. The van der Waals surface area contributed by atoms with Crippen LogP contribution in [0.25, 0.3) is 5.76 Å². The number of aliphatic hydroxyl groups is 1. The first-order valence-electron chi connectivity index (χ1n) is 11.6. The molecule has 0 spiro atoms. The molecular formula is C27H33NO6. The Bertz CT molecular complexity index is 1050. The normalized spacial score (nSPS) is 17.4. The Morgan fingerprint density at radius 2 is 1.68 bits per heavy atom. The molecule has 7 nitrogen and oxygen atoms in total. The van der Waals surface area contributed by atoms with Crippen molar-refractivity contribution in [2.24, 2.45) is 0 Å². The van der Waals surface area contributed by atoms with E-state index < -0.39 is 17.7 Å². The van der Waals surface area contributed by atoms with Gasteiger partial charge in [0.15, 0.2) is 0 Å². The summed E-state index contributed by atoms with van der Waals surface area (Å²) in [6.45, 7) is 6.33. The molecule has 34 heavy (non-hydrogen) atoms. The zero-order valence-electron chi connectivity index (χ0n) is 20.5. The van der Waals surface area contributed by atoms with Crippen molar-refractivity contribution < 1.29 is 28.9 Å². The van der Waals surface area contributed by atoms with Gasteiger partial charge in [-0.1, -0.05) is 38.0 Å². The number of hydrogen-bond acceptors (Lipinski definition) is 6. The van der Waals surface area contributed by atoms with Gasteiger partial charge in [-0.2, -0.15) is 0 Å². The summed E-state index contributed by atoms with van der Waals surface area (Å²) in [7, 11) is 2.94. The topological polar surface area (TPSA) is 85.3 Å². The summed E-state index contributed by atoms with van der Waals surface area (Å²) in [5, 5.41) is 11.5.